The first kappa shape index (κ1) is 25.8. The predicted octanol–water partition coefficient (Wildman–Crippen LogP) is 4.02. The van der Waals surface area contributed by atoms with Gasteiger partial charge in [0.25, 0.3) is 0 Å². The molecule has 2 aliphatic rings. The van der Waals surface area contributed by atoms with Crippen molar-refractivity contribution in [2.45, 2.75) is 45.3 Å². The molecule has 180 valence electrons. The first-order valence-corrected chi connectivity index (χ1v) is 13.9. The van der Waals surface area contributed by atoms with Crippen molar-refractivity contribution in [3.8, 4) is 0 Å². The highest BCUT2D eigenvalue weighted by Crippen LogP contribution is 2.26. The maximum atomic E-state index is 12.8. The zero-order valence-corrected chi connectivity index (χ0v) is 21.4. The normalized spacial score (nSPS) is 23.9. The van der Waals surface area contributed by atoms with Crippen LogP contribution in [0.2, 0.25) is 10.0 Å². The average molecular weight is 505 g/mol. The molecular formula is C23H35Cl2N3O3S. The van der Waals surface area contributed by atoms with Crippen molar-refractivity contribution >= 4 is 39.1 Å². The molecule has 2 atom stereocenters. The van der Waals surface area contributed by atoms with E-state index in [-0.39, 0.29) is 17.6 Å². The first-order chi connectivity index (χ1) is 15.1. The van der Waals surface area contributed by atoms with Gasteiger partial charge in [0.05, 0.1) is 5.75 Å². The van der Waals surface area contributed by atoms with Crippen molar-refractivity contribution in [1.29, 1.82) is 0 Å². The van der Waals surface area contributed by atoms with Crippen molar-refractivity contribution in [3.63, 3.8) is 0 Å². The molecule has 0 bridgehead atoms. The molecule has 0 aliphatic carbocycles. The number of benzene rings is 1. The zero-order chi connectivity index (χ0) is 23.3. The molecule has 2 heterocycles. The summed E-state index contributed by atoms with van der Waals surface area (Å²) < 4.78 is 27.1. The number of nitrogens with zero attached hydrogens (tertiary/aromatic N) is 2. The summed E-state index contributed by atoms with van der Waals surface area (Å²) in [6, 6.07) is 4.84. The molecule has 0 radical (unpaired) electrons. The third-order valence-corrected chi connectivity index (χ3v) is 8.88. The fraction of sp³-hybridized carbons (Fsp3) is 0.696. The molecule has 32 heavy (non-hydrogen) atoms. The maximum absolute atomic E-state index is 12.8. The van der Waals surface area contributed by atoms with Crippen LogP contribution >= 0.6 is 23.2 Å². The monoisotopic (exact) mass is 503 g/mol. The van der Waals surface area contributed by atoms with Crippen molar-refractivity contribution in [2.24, 2.45) is 17.8 Å². The van der Waals surface area contributed by atoms with Crippen LogP contribution in [0.1, 0.15) is 45.1 Å². The van der Waals surface area contributed by atoms with E-state index in [0.29, 0.717) is 48.1 Å². The highest BCUT2D eigenvalue weighted by atomic mass is 35.5. The van der Waals surface area contributed by atoms with Crippen molar-refractivity contribution in [3.05, 3.63) is 33.8 Å². The summed E-state index contributed by atoms with van der Waals surface area (Å²) >= 11 is 12.0. The van der Waals surface area contributed by atoms with Crippen LogP contribution in [-0.2, 0) is 20.6 Å². The number of amides is 1. The Balaban J connectivity index is 1.39. The van der Waals surface area contributed by atoms with Crippen molar-refractivity contribution in [2.75, 3.05) is 39.3 Å². The Labute approximate surface area is 202 Å². The van der Waals surface area contributed by atoms with Crippen LogP contribution in [0.5, 0.6) is 0 Å². The molecule has 0 unspecified atom stereocenters. The Morgan fingerprint density at radius 1 is 1.12 bits per heavy atom. The number of sulfonamides is 1. The molecule has 2 aliphatic heterocycles. The van der Waals surface area contributed by atoms with Gasteiger partial charge in [0.2, 0.25) is 15.9 Å². The Hall–Kier alpha value is -0.860. The number of likely N-dealkylation sites (tertiary alicyclic amines) is 1. The van der Waals surface area contributed by atoms with Gasteiger partial charge in [0.1, 0.15) is 0 Å². The minimum atomic E-state index is -3.49. The van der Waals surface area contributed by atoms with E-state index in [4.69, 9.17) is 23.2 Å². The molecule has 3 rings (SSSR count). The molecule has 0 spiro atoms. The second-order valence-electron chi connectivity index (χ2n) is 9.52. The molecule has 1 amide bonds. The minimum Gasteiger partial charge on any atom is -0.356 e. The topological polar surface area (TPSA) is 69.7 Å². The number of hydrogen-bond donors (Lipinski definition) is 1. The van der Waals surface area contributed by atoms with Gasteiger partial charge in [-0.2, -0.15) is 0 Å². The fourth-order valence-corrected chi connectivity index (χ4v) is 7.10. The predicted molar refractivity (Wildman–Crippen MR) is 130 cm³/mol. The number of piperidine rings is 2. The molecule has 6 nitrogen and oxygen atoms in total. The Morgan fingerprint density at radius 2 is 1.78 bits per heavy atom. The van der Waals surface area contributed by atoms with E-state index in [1.165, 1.54) is 10.7 Å². The average Bonchev–Trinajstić information content (AvgIpc) is 2.72. The van der Waals surface area contributed by atoms with E-state index in [9.17, 15) is 13.2 Å². The smallest absolute Gasteiger partial charge is 0.223 e. The minimum absolute atomic E-state index is 0.0446. The lowest BCUT2D eigenvalue weighted by atomic mass is 9.92. The molecule has 2 fully saturated rings. The van der Waals surface area contributed by atoms with E-state index >= 15 is 0 Å². The lowest BCUT2D eigenvalue weighted by Gasteiger charge is -2.35. The standard InChI is InChI=1S/C23H35Cl2N3O3S/c1-17-12-18(2)15-27(14-17)9-3-8-26-23(29)19-6-10-28(11-7-19)32(30,31)16-20-4-5-21(24)13-22(20)25/h4-5,13,17-19H,3,6-12,14-16H2,1-2H3,(H,26,29)/t17-,18-/m1/s1. The summed E-state index contributed by atoms with van der Waals surface area (Å²) in [4.78, 5) is 15.1. The van der Waals surface area contributed by atoms with E-state index in [1.54, 1.807) is 18.2 Å². The lowest BCUT2D eigenvalue weighted by molar-refractivity contribution is -0.126. The molecule has 1 aromatic rings. The molecule has 1 N–H and O–H groups in total. The van der Waals surface area contributed by atoms with Crippen molar-refractivity contribution in [1.82, 2.24) is 14.5 Å². The number of hydrogen-bond acceptors (Lipinski definition) is 4. The van der Waals surface area contributed by atoms with Crippen LogP contribution < -0.4 is 5.32 Å². The quantitative estimate of drug-likeness (QED) is 0.543. The molecule has 9 heteroatoms. The van der Waals surface area contributed by atoms with Gasteiger partial charge in [-0.05, 0) is 61.8 Å². The van der Waals surface area contributed by atoms with Gasteiger partial charge in [-0.1, -0.05) is 43.1 Å². The maximum Gasteiger partial charge on any atom is 0.223 e. The summed E-state index contributed by atoms with van der Waals surface area (Å²) in [5.74, 6) is 1.24. The molecule has 2 saturated heterocycles. The number of nitrogens with one attached hydrogen (secondary N) is 1. The molecule has 0 saturated carbocycles. The van der Waals surface area contributed by atoms with Gasteiger partial charge in [-0.3, -0.25) is 4.79 Å². The van der Waals surface area contributed by atoms with Crippen LogP contribution in [0.3, 0.4) is 0 Å². The summed E-state index contributed by atoms with van der Waals surface area (Å²) in [6.07, 6.45) is 3.33. The third kappa shape index (κ3) is 7.32. The van der Waals surface area contributed by atoms with Gasteiger partial charge in [0, 0.05) is 48.7 Å². The summed E-state index contributed by atoms with van der Waals surface area (Å²) in [7, 11) is -3.49. The first-order valence-electron chi connectivity index (χ1n) is 11.6. The Kier molecular flexibility index (Phi) is 9.27. The summed E-state index contributed by atoms with van der Waals surface area (Å²) in [6.45, 7) is 9.30. The molecular weight excluding hydrogens is 469 g/mol. The van der Waals surface area contributed by atoms with Gasteiger partial charge in [0.15, 0.2) is 0 Å². The molecule has 1 aromatic carbocycles. The van der Waals surface area contributed by atoms with E-state index < -0.39 is 10.0 Å². The van der Waals surface area contributed by atoms with Gasteiger partial charge < -0.3 is 10.2 Å². The number of carbonyl (C=O) groups excluding carboxylic acids is 1. The van der Waals surface area contributed by atoms with Gasteiger partial charge >= 0.3 is 0 Å². The summed E-state index contributed by atoms with van der Waals surface area (Å²) in [5.41, 5.74) is 0.536. The highest BCUT2D eigenvalue weighted by Gasteiger charge is 2.31. The zero-order valence-electron chi connectivity index (χ0n) is 19.0. The number of halogens is 2. The largest absolute Gasteiger partial charge is 0.356 e. The third-order valence-electron chi connectivity index (χ3n) is 6.47. The number of carbonyl (C=O) groups is 1. The fourth-order valence-electron chi connectivity index (χ4n) is 4.96. The van der Waals surface area contributed by atoms with E-state index in [1.807, 2.05) is 0 Å². The van der Waals surface area contributed by atoms with Crippen molar-refractivity contribution < 1.29 is 13.2 Å². The van der Waals surface area contributed by atoms with Crippen LogP contribution in [0.4, 0.5) is 0 Å². The number of rotatable bonds is 8. The van der Waals surface area contributed by atoms with Gasteiger partial charge in [-0.25, -0.2) is 12.7 Å². The highest BCUT2D eigenvalue weighted by molar-refractivity contribution is 7.88. The van der Waals surface area contributed by atoms with Gasteiger partial charge in [-0.15, -0.1) is 0 Å². The molecule has 0 aromatic heterocycles. The van der Waals surface area contributed by atoms with Crippen LogP contribution in [-0.4, -0.2) is 62.8 Å². The summed E-state index contributed by atoms with van der Waals surface area (Å²) in [5, 5.41) is 3.88. The van der Waals surface area contributed by atoms with E-state index in [2.05, 4.69) is 24.1 Å². The second kappa shape index (κ2) is 11.5. The lowest BCUT2D eigenvalue weighted by Crippen LogP contribution is -2.44. The SMILES string of the molecule is C[C@@H]1C[C@@H](C)CN(CCCNC(=O)C2CCN(S(=O)(=O)Cc3ccc(Cl)cc3Cl)CC2)C1. The van der Waals surface area contributed by atoms with E-state index in [0.717, 1.165) is 37.9 Å². The van der Waals surface area contributed by atoms with Crippen LogP contribution in [0.25, 0.3) is 0 Å². The Bertz CT molecular complexity index is 878. The van der Waals surface area contributed by atoms with Crippen LogP contribution in [0, 0.1) is 17.8 Å². The van der Waals surface area contributed by atoms with Crippen LogP contribution in [0.15, 0.2) is 18.2 Å². The second-order valence-corrected chi connectivity index (χ2v) is 12.3. The Morgan fingerprint density at radius 3 is 2.41 bits per heavy atom.